The number of fused-ring (bicyclic) bond motifs is 4. The van der Waals surface area contributed by atoms with Gasteiger partial charge in [-0.25, -0.2) is 0 Å². The van der Waals surface area contributed by atoms with E-state index in [4.69, 9.17) is 11.1 Å². The average Bonchev–Trinajstić information content (AvgIpc) is 4.20. The topological polar surface area (TPSA) is 40.1 Å². The number of nitrogens with zero attached hydrogens (tertiary/aromatic N) is 5. The maximum atomic E-state index is 9.78. The van der Waals surface area contributed by atoms with Crippen molar-refractivity contribution in [3.63, 3.8) is 0 Å². The summed E-state index contributed by atoms with van der Waals surface area (Å²) in [5.41, 5.74) is 13.4. The average molecular weight is 1150 g/mol. The molecule has 12 rings (SSSR count). The van der Waals surface area contributed by atoms with Gasteiger partial charge in [0.25, 0.3) is 0 Å². The predicted octanol–water partition coefficient (Wildman–Crippen LogP) is 15.9. The van der Waals surface area contributed by atoms with Crippen LogP contribution in [0.25, 0.3) is 66.5 Å². The summed E-state index contributed by atoms with van der Waals surface area (Å²) in [7, 11) is 0. The molecule has 3 aromatic heterocycles. The van der Waals surface area contributed by atoms with E-state index >= 15 is 0 Å². The Morgan fingerprint density at radius 1 is 0.662 bits per heavy atom. The number of hydrogen-bond donors (Lipinski definition) is 0. The van der Waals surface area contributed by atoms with Gasteiger partial charge in [0.2, 0.25) is 0 Å². The zero-order valence-electron chi connectivity index (χ0n) is 46.9. The third-order valence-electron chi connectivity index (χ3n) is 14.2. The van der Waals surface area contributed by atoms with Gasteiger partial charge >= 0.3 is 371 Å². The van der Waals surface area contributed by atoms with Crippen molar-refractivity contribution in [3.8, 4) is 45.3 Å². The Morgan fingerprint density at radius 3 is 2.01 bits per heavy atom. The molecule has 8 aromatic carbocycles. The van der Waals surface area contributed by atoms with Crippen molar-refractivity contribution in [3.05, 3.63) is 221 Å². The normalized spacial score (nSPS) is 13.6. The molecule has 0 aliphatic carbocycles. The second-order valence-corrected chi connectivity index (χ2v) is 22.9. The van der Waals surface area contributed by atoms with E-state index in [0.717, 1.165) is 61.9 Å². The second kappa shape index (κ2) is 18.5. The predicted molar refractivity (Wildman–Crippen MR) is 303 cm³/mol. The Balaban J connectivity index is 1.05. The van der Waals surface area contributed by atoms with Crippen molar-refractivity contribution in [2.45, 2.75) is 72.6 Å². The Hall–Kier alpha value is -7.47. The van der Waals surface area contributed by atoms with Crippen LogP contribution in [0.1, 0.15) is 77.6 Å². The van der Waals surface area contributed by atoms with Crippen LogP contribution in [0, 0.1) is 21.9 Å². The van der Waals surface area contributed by atoms with Gasteiger partial charge in [0.15, 0.2) is 0 Å². The third-order valence-corrected chi connectivity index (χ3v) is 15.2. The fourth-order valence-corrected chi connectivity index (χ4v) is 11.7. The molecule has 0 saturated heterocycles. The molecule has 1 aliphatic rings. The number of aromatic nitrogens is 4. The van der Waals surface area contributed by atoms with Crippen molar-refractivity contribution < 1.29 is 29.6 Å². The molecular formula is C66H58BN5OPt-2. The number of imidazole rings is 1. The van der Waals surface area contributed by atoms with Crippen LogP contribution < -0.4 is 15.0 Å². The Kier molecular flexibility index (Phi) is 10.7. The summed E-state index contributed by atoms with van der Waals surface area (Å²) in [6.45, 7) is 17.7. The SMILES string of the molecule is [2H]c1c([2H])c([2H])c2c(c1[2H])n(-c1[c-]c(Oc3cccc(N4B(c5ccccc5)n5c6ccccc6c6cc[c-]c4c65)n3)ccc1)[c](=[Pt])n2-c1c(-c2ccccc2)cc(CC(C)C)cc1-c1cc(C(C)(C)C)cc(C(C)(C)C)c1. The van der Waals surface area contributed by atoms with Crippen molar-refractivity contribution in [2.75, 3.05) is 4.81 Å². The first-order chi connectivity index (χ1) is 37.4. The van der Waals surface area contributed by atoms with E-state index in [1.807, 2.05) is 71.3 Å². The molecule has 4 heterocycles. The number of benzene rings is 8. The fraction of sp³-hybridized carbons (Fsp3) is 0.182. The van der Waals surface area contributed by atoms with Crippen LogP contribution in [0.4, 0.5) is 11.5 Å². The second-order valence-electron chi connectivity index (χ2n) is 21.9. The van der Waals surface area contributed by atoms with Gasteiger partial charge in [-0.2, -0.15) is 12.1 Å². The molecule has 8 heteroatoms. The minimum atomic E-state index is -0.324. The number of ether oxygens (including phenoxy) is 1. The van der Waals surface area contributed by atoms with Gasteiger partial charge in [-0.15, -0.1) is 5.39 Å². The number of pyridine rings is 1. The maximum absolute atomic E-state index is 9.78. The molecule has 0 atom stereocenters. The van der Waals surface area contributed by atoms with E-state index in [-0.39, 0.29) is 42.0 Å². The summed E-state index contributed by atoms with van der Waals surface area (Å²) in [4.78, 5) is 7.43. The standard InChI is InChI=1S/C66H58BN5O.Pt/c1-44(2)36-45-37-55(46-22-11-9-12-23-46)63(56(38-45)47-39-48(65(3,4)5)41-49(40-47)66(6,7)8)70-43-69(58-31-17-18-32-59(58)70)51-26-19-27-52(42-51)73-62-35-21-34-61(68-62)71-60-33-20-29-54-53-28-15-16-30-57(53)72(64(54)60)67(71)50-24-13-10-14-25-50;/h9-32,34-35,37-41,44H,36H2,1-8H3;/q-2;/i17D,18D,31D,32D;. The van der Waals surface area contributed by atoms with Gasteiger partial charge in [0.1, 0.15) is 0 Å². The van der Waals surface area contributed by atoms with E-state index in [1.165, 1.54) is 22.1 Å². The zero-order valence-corrected chi connectivity index (χ0v) is 45.2. The number of hydrogen-bond acceptors (Lipinski definition) is 3. The Labute approximate surface area is 451 Å². The summed E-state index contributed by atoms with van der Waals surface area (Å²) in [6, 6.07) is 62.6. The molecule has 0 saturated carbocycles. The molecule has 11 aromatic rings. The quantitative estimate of drug-likeness (QED) is 0.101. The van der Waals surface area contributed by atoms with E-state index in [9.17, 15) is 4.11 Å². The van der Waals surface area contributed by atoms with E-state index in [2.05, 4.69) is 198 Å². The van der Waals surface area contributed by atoms with Gasteiger partial charge in [-0.1, -0.05) is 48.5 Å². The van der Waals surface area contributed by atoms with Crippen LogP contribution in [-0.4, -0.2) is 25.6 Å². The van der Waals surface area contributed by atoms with Gasteiger partial charge in [0.05, 0.1) is 0 Å². The molecule has 368 valence electrons. The molecule has 0 bridgehead atoms. The Bertz CT molecular complexity index is 4220. The molecule has 0 radical (unpaired) electrons. The molecule has 0 fully saturated rings. The Morgan fingerprint density at radius 2 is 1.31 bits per heavy atom. The van der Waals surface area contributed by atoms with Crippen LogP contribution in [0.15, 0.2) is 188 Å². The molecule has 0 spiro atoms. The first-order valence-electron chi connectivity index (χ1n) is 27.4. The van der Waals surface area contributed by atoms with Crippen molar-refractivity contribution >= 4 is 56.8 Å². The number of para-hydroxylation sites is 3. The van der Waals surface area contributed by atoms with E-state index in [1.54, 1.807) is 0 Å². The summed E-state index contributed by atoms with van der Waals surface area (Å²) in [6.07, 6.45) is 0.840. The van der Waals surface area contributed by atoms with Gasteiger partial charge in [0, 0.05) is 5.52 Å². The van der Waals surface area contributed by atoms with Crippen molar-refractivity contribution in [1.29, 1.82) is 0 Å². The van der Waals surface area contributed by atoms with E-state index in [0.29, 0.717) is 43.9 Å². The zero-order chi connectivity index (χ0) is 54.5. The monoisotopic (exact) mass is 1150 g/mol. The van der Waals surface area contributed by atoms with Crippen LogP contribution in [-0.2, 0) is 36.6 Å². The summed E-state index contributed by atoms with van der Waals surface area (Å²) in [5.74, 6) is 1.80. The van der Waals surface area contributed by atoms with E-state index < -0.39 is 0 Å². The van der Waals surface area contributed by atoms with Crippen LogP contribution >= 0.6 is 0 Å². The van der Waals surface area contributed by atoms with Crippen LogP contribution in [0.3, 0.4) is 0 Å². The van der Waals surface area contributed by atoms with Gasteiger partial charge in [-0.05, 0) is 11.5 Å². The molecule has 0 N–H and O–H groups in total. The first kappa shape index (κ1) is 43.0. The van der Waals surface area contributed by atoms with Crippen LogP contribution in [0.5, 0.6) is 11.6 Å². The summed E-state index contributed by atoms with van der Waals surface area (Å²) < 4.78 is 51.4. The van der Waals surface area contributed by atoms with Crippen LogP contribution in [0.2, 0.25) is 0 Å². The minimum absolute atomic E-state index is 0.144. The molecule has 6 nitrogen and oxygen atoms in total. The molecule has 1 aliphatic heterocycles. The third kappa shape index (κ3) is 8.36. The molecular weight excluding hydrogens is 1080 g/mol. The number of rotatable bonds is 10. The molecule has 0 amide bonds. The van der Waals surface area contributed by atoms with Gasteiger partial charge < -0.3 is 0 Å². The summed E-state index contributed by atoms with van der Waals surface area (Å²) in [5, 5.41) is 2.34. The number of anilines is 2. The van der Waals surface area contributed by atoms with Crippen molar-refractivity contribution in [2.24, 2.45) is 5.92 Å². The van der Waals surface area contributed by atoms with Gasteiger partial charge in [-0.3, -0.25) is 0 Å². The first-order valence-corrected chi connectivity index (χ1v) is 26.5. The van der Waals surface area contributed by atoms with Crippen molar-refractivity contribution in [1.82, 2.24) is 18.6 Å². The molecule has 0 unspecified atom stereocenters. The summed E-state index contributed by atoms with van der Waals surface area (Å²) >= 11 is 2.30. The fourth-order valence-electron chi connectivity index (χ4n) is 10.7. The molecule has 74 heavy (non-hydrogen) atoms.